The van der Waals surface area contributed by atoms with Gasteiger partial charge in [-0.2, -0.15) is 0 Å². The Kier molecular flexibility index (Phi) is 2.01. The van der Waals surface area contributed by atoms with Gasteiger partial charge in [0.15, 0.2) is 0 Å². The van der Waals surface area contributed by atoms with Crippen LogP contribution in [0.15, 0.2) is 30.5 Å². The minimum atomic E-state index is -0.0545. The van der Waals surface area contributed by atoms with Crippen molar-refractivity contribution in [1.29, 1.82) is 0 Å². The highest BCUT2D eigenvalue weighted by Crippen LogP contribution is 2.27. The molecule has 14 heavy (non-hydrogen) atoms. The van der Waals surface area contributed by atoms with E-state index in [-0.39, 0.29) is 6.04 Å². The minimum absolute atomic E-state index is 0.0545. The molecular weight excluding hydrogens is 172 g/mol. The smallest absolute Gasteiger partial charge is 0.248 e. The first-order valence-corrected chi connectivity index (χ1v) is 4.64. The molecule has 70 valence electrons. The van der Waals surface area contributed by atoms with E-state index in [2.05, 4.69) is 21.5 Å². The lowest BCUT2D eigenvalue weighted by atomic mass is 10.1. The lowest BCUT2D eigenvalue weighted by Gasteiger charge is -1.95. The predicted octanol–water partition coefficient (Wildman–Crippen LogP) is 3.16. The van der Waals surface area contributed by atoms with E-state index in [0.717, 1.165) is 5.56 Å². The molecule has 1 heterocycles. The van der Waals surface area contributed by atoms with Gasteiger partial charge in [-0.1, -0.05) is 18.2 Å². The standard InChI is InChI=1S/C12H12N2/c1-9(13-2)11-8-14(3)12-7-5-4-6-10(11)12/h4-9H,1,3H3. The van der Waals surface area contributed by atoms with Crippen LogP contribution in [0.2, 0.25) is 0 Å². The lowest BCUT2D eigenvalue weighted by Crippen LogP contribution is -1.84. The van der Waals surface area contributed by atoms with E-state index in [9.17, 15) is 0 Å². The molecule has 2 rings (SSSR count). The molecule has 1 unspecified atom stereocenters. The average molecular weight is 184 g/mol. The molecule has 2 heteroatoms. The normalized spacial score (nSPS) is 12.6. The van der Waals surface area contributed by atoms with Gasteiger partial charge in [0.25, 0.3) is 0 Å². The molecule has 0 spiro atoms. The quantitative estimate of drug-likeness (QED) is 0.602. The molecule has 0 saturated heterocycles. The first kappa shape index (κ1) is 8.83. The number of hydrogen-bond acceptors (Lipinski definition) is 0. The second-order valence-electron chi connectivity index (χ2n) is 3.52. The summed E-state index contributed by atoms with van der Waals surface area (Å²) in [6, 6.07) is 8.14. The van der Waals surface area contributed by atoms with Crippen LogP contribution in [-0.2, 0) is 7.05 Å². The monoisotopic (exact) mass is 184 g/mol. The summed E-state index contributed by atoms with van der Waals surface area (Å²) >= 11 is 0. The Morgan fingerprint density at radius 1 is 1.36 bits per heavy atom. The second-order valence-corrected chi connectivity index (χ2v) is 3.52. The number of hydrogen-bond donors (Lipinski definition) is 0. The molecule has 1 aromatic carbocycles. The van der Waals surface area contributed by atoms with E-state index in [1.54, 1.807) is 0 Å². The third-order valence-electron chi connectivity index (χ3n) is 2.57. The maximum atomic E-state index is 7.05. The molecular formula is C12H12N2. The van der Waals surface area contributed by atoms with Gasteiger partial charge in [0, 0.05) is 31.1 Å². The van der Waals surface area contributed by atoms with Crippen molar-refractivity contribution in [3.8, 4) is 0 Å². The molecule has 0 radical (unpaired) electrons. The van der Waals surface area contributed by atoms with Crippen LogP contribution in [0, 0.1) is 6.57 Å². The molecule has 0 saturated carbocycles. The highest BCUT2D eigenvalue weighted by molar-refractivity contribution is 5.84. The maximum absolute atomic E-state index is 7.05. The number of para-hydroxylation sites is 1. The van der Waals surface area contributed by atoms with Gasteiger partial charge in [0.1, 0.15) is 0 Å². The van der Waals surface area contributed by atoms with E-state index in [1.807, 2.05) is 32.3 Å². The Labute approximate surface area is 83.6 Å². The van der Waals surface area contributed by atoms with Crippen molar-refractivity contribution >= 4 is 10.9 Å². The van der Waals surface area contributed by atoms with Crippen LogP contribution in [0.3, 0.4) is 0 Å². The van der Waals surface area contributed by atoms with Gasteiger partial charge < -0.3 is 9.41 Å². The molecule has 0 aliphatic rings. The molecule has 2 aromatic rings. The number of nitrogens with zero attached hydrogens (tertiary/aromatic N) is 2. The fourth-order valence-electron chi connectivity index (χ4n) is 1.78. The van der Waals surface area contributed by atoms with Crippen molar-refractivity contribution in [2.24, 2.45) is 7.05 Å². The van der Waals surface area contributed by atoms with Gasteiger partial charge >= 0.3 is 0 Å². The van der Waals surface area contributed by atoms with Gasteiger partial charge in [0.2, 0.25) is 6.04 Å². The van der Waals surface area contributed by atoms with Crippen LogP contribution < -0.4 is 0 Å². The maximum Gasteiger partial charge on any atom is 0.248 e. The van der Waals surface area contributed by atoms with Crippen LogP contribution in [0.1, 0.15) is 18.5 Å². The highest BCUT2D eigenvalue weighted by atomic mass is 14.9. The molecule has 0 N–H and O–H groups in total. The summed E-state index contributed by atoms with van der Waals surface area (Å²) in [5.74, 6) is 0. The number of fused-ring (bicyclic) bond motifs is 1. The molecule has 1 aromatic heterocycles. The van der Waals surface area contributed by atoms with Crippen molar-refractivity contribution in [2.45, 2.75) is 13.0 Å². The molecule has 0 aliphatic heterocycles. The van der Waals surface area contributed by atoms with Gasteiger partial charge in [-0.25, -0.2) is 6.57 Å². The van der Waals surface area contributed by atoms with E-state index >= 15 is 0 Å². The van der Waals surface area contributed by atoms with Gasteiger partial charge in [0.05, 0.1) is 5.56 Å². The van der Waals surface area contributed by atoms with Crippen molar-refractivity contribution in [3.63, 3.8) is 0 Å². The van der Waals surface area contributed by atoms with Crippen LogP contribution in [0.4, 0.5) is 0 Å². The van der Waals surface area contributed by atoms with Gasteiger partial charge in [-0.3, -0.25) is 0 Å². The van der Waals surface area contributed by atoms with Gasteiger partial charge in [-0.15, -0.1) is 0 Å². The Balaban J connectivity index is 2.74. The number of aryl methyl sites for hydroxylation is 1. The topological polar surface area (TPSA) is 9.29 Å². The second kappa shape index (κ2) is 3.19. The van der Waals surface area contributed by atoms with E-state index < -0.39 is 0 Å². The zero-order chi connectivity index (χ0) is 10.1. The largest absolute Gasteiger partial charge is 0.350 e. The summed E-state index contributed by atoms with van der Waals surface area (Å²) in [4.78, 5) is 3.56. The third-order valence-corrected chi connectivity index (χ3v) is 2.57. The van der Waals surface area contributed by atoms with Crippen molar-refractivity contribution in [1.82, 2.24) is 4.57 Å². The Bertz CT molecular complexity index is 503. The van der Waals surface area contributed by atoms with Crippen LogP contribution in [0.25, 0.3) is 15.7 Å². The number of rotatable bonds is 1. The van der Waals surface area contributed by atoms with Gasteiger partial charge in [-0.05, 0) is 6.07 Å². The molecule has 0 amide bonds. The predicted molar refractivity (Wildman–Crippen MR) is 57.9 cm³/mol. The van der Waals surface area contributed by atoms with Crippen LogP contribution in [-0.4, -0.2) is 4.57 Å². The number of benzene rings is 1. The zero-order valence-corrected chi connectivity index (χ0v) is 8.36. The molecule has 0 aliphatic carbocycles. The van der Waals surface area contributed by atoms with E-state index in [4.69, 9.17) is 6.57 Å². The SMILES string of the molecule is [C-]#[N+]C(C)c1cn(C)c2ccccc12. The third kappa shape index (κ3) is 1.18. The Hall–Kier alpha value is -1.75. The van der Waals surface area contributed by atoms with Crippen LogP contribution >= 0.6 is 0 Å². The van der Waals surface area contributed by atoms with Crippen LogP contribution in [0.5, 0.6) is 0 Å². The zero-order valence-electron chi connectivity index (χ0n) is 8.36. The van der Waals surface area contributed by atoms with Crippen molar-refractivity contribution in [3.05, 3.63) is 47.4 Å². The molecule has 2 nitrogen and oxygen atoms in total. The minimum Gasteiger partial charge on any atom is -0.350 e. The summed E-state index contributed by atoms with van der Waals surface area (Å²) in [6.45, 7) is 8.99. The Morgan fingerprint density at radius 2 is 2.07 bits per heavy atom. The summed E-state index contributed by atoms with van der Waals surface area (Å²) in [5, 5.41) is 1.19. The fraction of sp³-hybridized carbons (Fsp3) is 0.250. The number of aromatic nitrogens is 1. The fourth-order valence-corrected chi connectivity index (χ4v) is 1.78. The van der Waals surface area contributed by atoms with Crippen molar-refractivity contribution in [2.75, 3.05) is 0 Å². The first-order valence-electron chi connectivity index (χ1n) is 4.64. The highest BCUT2D eigenvalue weighted by Gasteiger charge is 2.15. The molecule has 0 bridgehead atoms. The summed E-state index contributed by atoms with van der Waals surface area (Å²) in [5.41, 5.74) is 2.32. The molecule has 1 atom stereocenters. The summed E-state index contributed by atoms with van der Waals surface area (Å²) in [7, 11) is 2.02. The average Bonchev–Trinajstić information content (AvgIpc) is 2.56. The molecule has 0 fully saturated rings. The van der Waals surface area contributed by atoms with E-state index in [0.29, 0.717) is 0 Å². The Morgan fingerprint density at radius 3 is 2.79 bits per heavy atom. The summed E-state index contributed by atoms with van der Waals surface area (Å²) < 4.78 is 2.08. The van der Waals surface area contributed by atoms with E-state index in [1.165, 1.54) is 10.9 Å². The first-order chi connectivity index (χ1) is 6.74. The summed E-state index contributed by atoms with van der Waals surface area (Å²) in [6.07, 6.45) is 2.05. The lowest BCUT2D eigenvalue weighted by molar-refractivity contribution is 0.919. The van der Waals surface area contributed by atoms with Crippen molar-refractivity contribution < 1.29 is 0 Å².